The van der Waals surface area contributed by atoms with E-state index in [-0.39, 0.29) is 12.4 Å². The second-order valence-electron chi connectivity index (χ2n) is 6.57. The summed E-state index contributed by atoms with van der Waals surface area (Å²) in [6, 6.07) is 9.63. The molecule has 4 rings (SSSR count). The van der Waals surface area contributed by atoms with Crippen molar-refractivity contribution >= 4 is 16.7 Å². The molecule has 10 heteroatoms. The third kappa shape index (κ3) is 4.37. The fourth-order valence-corrected chi connectivity index (χ4v) is 3.02. The van der Waals surface area contributed by atoms with E-state index in [1.165, 1.54) is 25.6 Å². The van der Waals surface area contributed by atoms with Gasteiger partial charge >= 0.3 is 6.18 Å². The first-order valence-corrected chi connectivity index (χ1v) is 9.06. The van der Waals surface area contributed by atoms with E-state index in [0.29, 0.717) is 28.0 Å². The van der Waals surface area contributed by atoms with Crippen LogP contribution in [0.3, 0.4) is 0 Å². The van der Waals surface area contributed by atoms with Crippen molar-refractivity contribution in [3.63, 3.8) is 0 Å². The Hall–Kier alpha value is -3.82. The Morgan fingerprint density at radius 3 is 2.29 bits per heavy atom. The molecule has 0 aliphatic rings. The lowest BCUT2D eigenvalue weighted by atomic mass is 10.0. The molecule has 158 valence electrons. The van der Waals surface area contributed by atoms with Crippen LogP contribution in [-0.2, 0) is 12.7 Å². The Morgan fingerprint density at radius 2 is 1.65 bits per heavy atom. The second-order valence-corrected chi connectivity index (χ2v) is 6.57. The van der Waals surface area contributed by atoms with E-state index < -0.39 is 12.0 Å². The summed E-state index contributed by atoms with van der Waals surface area (Å²) in [6.45, 7) is 0.146. The second kappa shape index (κ2) is 8.13. The summed E-state index contributed by atoms with van der Waals surface area (Å²) in [5.41, 5.74) is 2.53. The minimum Gasteiger partial charge on any atom is -0.494 e. The quantitative estimate of drug-likeness (QED) is 0.457. The van der Waals surface area contributed by atoms with E-state index in [4.69, 9.17) is 4.74 Å². The van der Waals surface area contributed by atoms with Gasteiger partial charge in [0.25, 0.3) is 0 Å². The highest BCUT2D eigenvalue weighted by Crippen LogP contribution is 2.34. The molecule has 0 saturated heterocycles. The van der Waals surface area contributed by atoms with Crippen molar-refractivity contribution in [2.45, 2.75) is 12.7 Å². The van der Waals surface area contributed by atoms with E-state index >= 15 is 0 Å². The average Bonchev–Trinajstić information content (AvgIpc) is 2.77. The van der Waals surface area contributed by atoms with Gasteiger partial charge in [0.2, 0.25) is 5.82 Å². The Morgan fingerprint density at radius 1 is 0.935 bits per heavy atom. The average molecular weight is 429 g/mol. The van der Waals surface area contributed by atoms with Crippen LogP contribution in [0.1, 0.15) is 11.4 Å². The minimum absolute atomic E-state index is 0.146. The number of benzene rings is 2. The lowest BCUT2D eigenvalue weighted by Crippen LogP contribution is -2.12. The Balaban J connectivity index is 1.67. The van der Waals surface area contributed by atoms with Crippen LogP contribution in [0.4, 0.5) is 23.4 Å². The van der Waals surface area contributed by atoms with Crippen LogP contribution in [0.5, 0.6) is 5.75 Å². The summed E-state index contributed by atoms with van der Waals surface area (Å²) >= 11 is 0. The van der Waals surface area contributed by atoms with Crippen LogP contribution in [0.25, 0.3) is 22.0 Å². The number of aromatic nitrogens is 4. The normalized spacial score (nSPS) is 11.5. The maximum atomic E-state index is 13.3. The molecule has 0 unspecified atom stereocenters. The molecular weight excluding hydrogens is 414 g/mol. The fraction of sp³-hybridized carbons (Fsp3) is 0.143. The topological polar surface area (TPSA) is 72.8 Å². The summed E-state index contributed by atoms with van der Waals surface area (Å²) in [5, 5.41) is 3.71. The van der Waals surface area contributed by atoms with Gasteiger partial charge in [0.05, 0.1) is 7.11 Å². The van der Waals surface area contributed by atoms with E-state index in [0.717, 1.165) is 23.5 Å². The van der Waals surface area contributed by atoms with Crippen LogP contribution in [0.2, 0.25) is 0 Å². The first-order chi connectivity index (χ1) is 14.8. The number of fused-ring (bicyclic) bond motifs is 1. The van der Waals surface area contributed by atoms with Gasteiger partial charge in [0.15, 0.2) is 0 Å². The zero-order valence-corrected chi connectivity index (χ0v) is 16.1. The zero-order chi connectivity index (χ0) is 22.0. The highest BCUT2D eigenvalue weighted by Gasteiger charge is 2.34. The van der Waals surface area contributed by atoms with Crippen molar-refractivity contribution in [2.75, 3.05) is 12.4 Å². The van der Waals surface area contributed by atoms with E-state index in [1.807, 2.05) is 6.07 Å². The summed E-state index contributed by atoms with van der Waals surface area (Å²) in [7, 11) is 1.51. The van der Waals surface area contributed by atoms with Gasteiger partial charge in [0, 0.05) is 29.9 Å². The maximum absolute atomic E-state index is 13.3. The number of methoxy groups -OCH3 is 1. The highest BCUT2D eigenvalue weighted by atomic mass is 19.4. The molecule has 0 fully saturated rings. The molecule has 0 saturated carbocycles. The van der Waals surface area contributed by atoms with Crippen molar-refractivity contribution in [3.05, 3.63) is 72.3 Å². The Labute approximate surface area is 174 Å². The molecule has 0 atom stereocenters. The Kier molecular flexibility index (Phi) is 5.37. The Bertz CT molecular complexity index is 1210. The van der Waals surface area contributed by atoms with Crippen molar-refractivity contribution in [1.29, 1.82) is 0 Å². The number of halogens is 4. The van der Waals surface area contributed by atoms with Crippen LogP contribution in [0, 0.1) is 5.82 Å². The van der Waals surface area contributed by atoms with Gasteiger partial charge in [0.1, 0.15) is 29.2 Å². The van der Waals surface area contributed by atoms with Gasteiger partial charge in [-0.1, -0.05) is 12.1 Å². The van der Waals surface area contributed by atoms with Crippen LogP contribution in [-0.4, -0.2) is 27.0 Å². The standard InChI is InChI=1S/C21H15F4N5O/c1-31-17-7-14(13-2-4-15(22)5-3-13)6-16-18(17)29-11-30-19(16)26-8-12-9-27-20(28-10-12)21(23,24)25/h2-7,9-11H,8H2,1H3,(H,26,29,30). The van der Waals surface area contributed by atoms with Crippen molar-refractivity contribution in [2.24, 2.45) is 0 Å². The molecule has 6 nitrogen and oxygen atoms in total. The zero-order valence-electron chi connectivity index (χ0n) is 16.1. The molecule has 2 aromatic heterocycles. The molecule has 31 heavy (non-hydrogen) atoms. The van der Waals surface area contributed by atoms with Gasteiger partial charge < -0.3 is 10.1 Å². The molecule has 0 aliphatic heterocycles. The lowest BCUT2D eigenvalue weighted by Gasteiger charge is -2.13. The molecule has 0 amide bonds. The van der Waals surface area contributed by atoms with Crippen molar-refractivity contribution in [3.8, 4) is 16.9 Å². The van der Waals surface area contributed by atoms with Crippen LogP contribution >= 0.6 is 0 Å². The molecule has 0 aliphatic carbocycles. The number of nitrogens with zero attached hydrogens (tertiary/aromatic N) is 4. The van der Waals surface area contributed by atoms with Gasteiger partial charge in [-0.15, -0.1) is 0 Å². The summed E-state index contributed by atoms with van der Waals surface area (Å²) < 4.78 is 56.6. The molecule has 2 heterocycles. The summed E-state index contributed by atoms with van der Waals surface area (Å²) in [4.78, 5) is 15.2. The molecule has 2 aromatic carbocycles. The third-order valence-electron chi connectivity index (χ3n) is 4.52. The fourth-order valence-electron chi connectivity index (χ4n) is 3.02. The monoisotopic (exact) mass is 429 g/mol. The summed E-state index contributed by atoms with van der Waals surface area (Å²) in [6.07, 6.45) is -1.02. The molecule has 0 radical (unpaired) electrons. The maximum Gasteiger partial charge on any atom is 0.451 e. The van der Waals surface area contributed by atoms with Gasteiger partial charge in [-0.3, -0.25) is 0 Å². The number of hydrogen-bond acceptors (Lipinski definition) is 6. The van der Waals surface area contributed by atoms with E-state index in [1.54, 1.807) is 18.2 Å². The number of hydrogen-bond donors (Lipinski definition) is 1. The van der Waals surface area contributed by atoms with E-state index in [2.05, 4.69) is 25.3 Å². The van der Waals surface area contributed by atoms with Crippen molar-refractivity contribution < 1.29 is 22.3 Å². The molecule has 0 spiro atoms. The first kappa shape index (κ1) is 20.5. The predicted molar refractivity (Wildman–Crippen MR) is 106 cm³/mol. The van der Waals surface area contributed by atoms with E-state index in [9.17, 15) is 17.6 Å². The van der Waals surface area contributed by atoms with Gasteiger partial charge in [-0.25, -0.2) is 24.3 Å². The summed E-state index contributed by atoms with van der Waals surface area (Å²) in [5.74, 6) is -0.592. The first-order valence-electron chi connectivity index (χ1n) is 9.06. The number of rotatable bonds is 5. The molecule has 1 N–H and O–H groups in total. The van der Waals surface area contributed by atoms with Gasteiger partial charge in [-0.05, 0) is 35.4 Å². The van der Waals surface area contributed by atoms with Gasteiger partial charge in [-0.2, -0.15) is 13.2 Å². The lowest BCUT2D eigenvalue weighted by molar-refractivity contribution is -0.145. The molecule has 4 aromatic rings. The van der Waals surface area contributed by atoms with Crippen LogP contribution in [0.15, 0.2) is 55.1 Å². The number of ether oxygens (including phenoxy) is 1. The minimum atomic E-state index is -4.60. The number of anilines is 1. The largest absolute Gasteiger partial charge is 0.494 e. The smallest absolute Gasteiger partial charge is 0.451 e. The number of alkyl halides is 3. The number of nitrogens with one attached hydrogen (secondary N) is 1. The highest BCUT2D eigenvalue weighted by molar-refractivity contribution is 5.96. The molecular formula is C21H15F4N5O. The predicted octanol–water partition coefficient (Wildman–Crippen LogP) is 4.87. The van der Waals surface area contributed by atoms with Crippen molar-refractivity contribution in [1.82, 2.24) is 19.9 Å². The van der Waals surface area contributed by atoms with Crippen LogP contribution < -0.4 is 10.1 Å². The SMILES string of the molecule is COc1cc(-c2ccc(F)cc2)cc2c(NCc3cnc(C(F)(F)F)nc3)ncnc12. The third-order valence-corrected chi connectivity index (χ3v) is 4.52. The molecule has 0 bridgehead atoms.